The van der Waals surface area contributed by atoms with Crippen molar-refractivity contribution in [3.05, 3.63) is 101 Å². The van der Waals surface area contributed by atoms with E-state index >= 15 is 0 Å². The zero-order valence-electron chi connectivity index (χ0n) is 19.3. The number of amides is 1. The topological polar surface area (TPSA) is 63.1 Å². The Morgan fingerprint density at radius 1 is 1.00 bits per heavy atom. The van der Waals surface area contributed by atoms with E-state index in [9.17, 15) is 4.79 Å². The molecule has 0 aliphatic heterocycles. The highest BCUT2D eigenvalue weighted by Crippen LogP contribution is 2.29. The van der Waals surface area contributed by atoms with E-state index in [1.54, 1.807) is 11.8 Å². The Labute approximate surface area is 209 Å². The molecule has 1 N–H and O–H groups in total. The number of thioether (sulfide) groups is 1. The maximum Gasteiger partial charge on any atom is 0.255 e. The smallest absolute Gasteiger partial charge is 0.255 e. The van der Waals surface area contributed by atoms with Crippen LogP contribution >= 0.6 is 23.4 Å². The number of rotatable bonds is 8. The maximum absolute atomic E-state index is 12.5. The molecule has 3 aromatic carbocycles. The van der Waals surface area contributed by atoms with E-state index in [-0.39, 0.29) is 11.9 Å². The van der Waals surface area contributed by atoms with Gasteiger partial charge < -0.3 is 5.32 Å². The molecular formula is C26H26ClN5OS. The van der Waals surface area contributed by atoms with Crippen LogP contribution in [0.25, 0.3) is 5.69 Å². The highest BCUT2D eigenvalue weighted by molar-refractivity contribution is 7.98. The summed E-state index contributed by atoms with van der Waals surface area (Å²) in [5.74, 6) is 1.43. The van der Waals surface area contributed by atoms with Gasteiger partial charge >= 0.3 is 0 Å². The number of carbonyl (C=O) groups excluding carboxylic acids is 1. The van der Waals surface area contributed by atoms with E-state index in [2.05, 4.69) is 31.9 Å². The molecule has 4 aromatic rings. The molecule has 0 fully saturated rings. The van der Waals surface area contributed by atoms with Gasteiger partial charge in [0.2, 0.25) is 0 Å². The lowest BCUT2D eigenvalue weighted by atomic mass is 10.1. The van der Waals surface area contributed by atoms with Crippen LogP contribution in [0.4, 0.5) is 5.69 Å². The normalized spacial score (nSPS) is 12.0. The third-order valence-electron chi connectivity index (χ3n) is 5.51. The van der Waals surface area contributed by atoms with Crippen LogP contribution in [0, 0.1) is 0 Å². The van der Waals surface area contributed by atoms with Gasteiger partial charge in [-0.2, -0.15) is 0 Å². The summed E-state index contributed by atoms with van der Waals surface area (Å²) in [7, 11) is 4.04. The third-order valence-corrected chi connectivity index (χ3v) is 6.76. The van der Waals surface area contributed by atoms with E-state index < -0.39 is 0 Å². The summed E-state index contributed by atoms with van der Waals surface area (Å²) < 4.78 is 2.08. The molecular weight excluding hydrogens is 466 g/mol. The minimum absolute atomic E-state index is 0.0833. The molecule has 0 spiro atoms. The SMILES string of the molecule is CC(c1nnc(SCc2ccc(C(=O)Nc3ccccc3)cc2)n1-c1ccc(Cl)cc1)N(C)C. The fourth-order valence-corrected chi connectivity index (χ4v) is 4.37. The molecule has 8 heteroatoms. The Balaban J connectivity index is 1.50. The number of anilines is 1. The lowest BCUT2D eigenvalue weighted by molar-refractivity contribution is 0.102. The average Bonchev–Trinajstić information content (AvgIpc) is 3.27. The quantitative estimate of drug-likeness (QED) is 0.302. The van der Waals surface area contributed by atoms with Crippen LogP contribution < -0.4 is 5.32 Å². The van der Waals surface area contributed by atoms with Crippen molar-refractivity contribution in [1.82, 2.24) is 19.7 Å². The Bertz CT molecular complexity index is 1240. The van der Waals surface area contributed by atoms with E-state index in [1.807, 2.05) is 93.0 Å². The Hall–Kier alpha value is -3.13. The van der Waals surface area contributed by atoms with Crippen LogP contribution in [0.5, 0.6) is 0 Å². The third kappa shape index (κ3) is 5.67. The molecule has 0 aliphatic carbocycles. The van der Waals surface area contributed by atoms with E-state index in [0.717, 1.165) is 27.9 Å². The van der Waals surface area contributed by atoms with Gasteiger partial charge in [0, 0.05) is 27.7 Å². The van der Waals surface area contributed by atoms with E-state index in [0.29, 0.717) is 16.3 Å². The van der Waals surface area contributed by atoms with Crippen LogP contribution in [-0.4, -0.2) is 39.7 Å². The van der Waals surface area contributed by atoms with Crippen molar-refractivity contribution in [3.63, 3.8) is 0 Å². The summed E-state index contributed by atoms with van der Waals surface area (Å²) >= 11 is 7.71. The van der Waals surface area contributed by atoms with Crippen LogP contribution in [-0.2, 0) is 5.75 Å². The van der Waals surface area contributed by atoms with Crippen molar-refractivity contribution in [2.24, 2.45) is 0 Å². The minimum Gasteiger partial charge on any atom is -0.322 e. The lowest BCUT2D eigenvalue weighted by Gasteiger charge is -2.20. The van der Waals surface area contributed by atoms with Crippen molar-refractivity contribution < 1.29 is 4.79 Å². The number of para-hydroxylation sites is 1. The van der Waals surface area contributed by atoms with Gasteiger partial charge in [-0.25, -0.2) is 0 Å². The summed E-state index contributed by atoms with van der Waals surface area (Å²) in [6.07, 6.45) is 0. The van der Waals surface area contributed by atoms with Gasteiger partial charge in [-0.05, 0) is 75.1 Å². The summed E-state index contributed by atoms with van der Waals surface area (Å²) in [6.45, 7) is 2.10. The first-order chi connectivity index (χ1) is 16.4. The molecule has 1 aromatic heterocycles. The van der Waals surface area contributed by atoms with Crippen molar-refractivity contribution >= 4 is 35.0 Å². The molecule has 1 unspecified atom stereocenters. The Kier molecular flexibility index (Phi) is 7.67. The fourth-order valence-electron chi connectivity index (χ4n) is 3.33. The van der Waals surface area contributed by atoms with Gasteiger partial charge in [0.25, 0.3) is 5.91 Å². The van der Waals surface area contributed by atoms with Crippen LogP contribution in [0.2, 0.25) is 5.02 Å². The molecule has 34 heavy (non-hydrogen) atoms. The van der Waals surface area contributed by atoms with Crippen LogP contribution in [0.3, 0.4) is 0 Å². The highest BCUT2D eigenvalue weighted by atomic mass is 35.5. The lowest BCUT2D eigenvalue weighted by Crippen LogP contribution is -2.20. The van der Waals surface area contributed by atoms with Gasteiger partial charge in [0.05, 0.1) is 6.04 Å². The number of hydrogen-bond acceptors (Lipinski definition) is 5. The number of hydrogen-bond donors (Lipinski definition) is 1. The first kappa shape index (κ1) is 24.0. The fraction of sp³-hybridized carbons (Fsp3) is 0.192. The number of aromatic nitrogens is 3. The van der Waals surface area contributed by atoms with E-state index in [4.69, 9.17) is 11.6 Å². The zero-order valence-corrected chi connectivity index (χ0v) is 20.8. The molecule has 0 saturated carbocycles. The summed E-state index contributed by atoms with van der Waals surface area (Å²) in [5, 5.41) is 13.4. The van der Waals surface area contributed by atoms with Gasteiger partial charge in [-0.15, -0.1) is 10.2 Å². The maximum atomic E-state index is 12.5. The van der Waals surface area contributed by atoms with Crippen molar-refractivity contribution in [3.8, 4) is 5.69 Å². The molecule has 0 saturated heterocycles. The minimum atomic E-state index is -0.129. The Morgan fingerprint density at radius 2 is 1.68 bits per heavy atom. The number of nitrogens with one attached hydrogen (secondary N) is 1. The van der Waals surface area contributed by atoms with Gasteiger partial charge in [-0.3, -0.25) is 14.3 Å². The molecule has 1 heterocycles. The average molecular weight is 492 g/mol. The Morgan fingerprint density at radius 3 is 2.32 bits per heavy atom. The second-order valence-electron chi connectivity index (χ2n) is 8.10. The molecule has 0 radical (unpaired) electrons. The number of nitrogens with zero attached hydrogens (tertiary/aromatic N) is 4. The number of carbonyl (C=O) groups is 1. The molecule has 6 nitrogen and oxygen atoms in total. The molecule has 174 valence electrons. The largest absolute Gasteiger partial charge is 0.322 e. The zero-order chi connectivity index (χ0) is 24.1. The number of benzene rings is 3. The molecule has 1 amide bonds. The predicted molar refractivity (Wildman–Crippen MR) is 139 cm³/mol. The van der Waals surface area contributed by atoms with E-state index in [1.165, 1.54) is 0 Å². The summed E-state index contributed by atoms with van der Waals surface area (Å²) in [5.41, 5.74) is 3.45. The van der Waals surface area contributed by atoms with Gasteiger partial charge in [-0.1, -0.05) is 53.7 Å². The van der Waals surface area contributed by atoms with Crippen LogP contribution in [0.15, 0.2) is 84.0 Å². The highest BCUT2D eigenvalue weighted by Gasteiger charge is 2.21. The number of halogens is 1. The first-order valence-electron chi connectivity index (χ1n) is 10.9. The first-order valence-corrected chi connectivity index (χ1v) is 12.2. The molecule has 0 bridgehead atoms. The van der Waals surface area contributed by atoms with Crippen LogP contribution in [0.1, 0.15) is 34.7 Å². The van der Waals surface area contributed by atoms with Crippen molar-refractivity contribution in [2.45, 2.75) is 23.9 Å². The molecule has 1 atom stereocenters. The standard InChI is InChI=1S/C26H26ClN5OS/c1-18(31(2)3)24-29-30-26(32(24)23-15-13-21(27)14-16-23)34-17-19-9-11-20(12-10-19)25(33)28-22-7-5-4-6-8-22/h4-16,18H,17H2,1-3H3,(H,28,33). The van der Waals surface area contributed by atoms with Gasteiger partial charge in [0.15, 0.2) is 11.0 Å². The van der Waals surface area contributed by atoms with Crippen molar-refractivity contribution in [2.75, 3.05) is 19.4 Å². The summed E-state index contributed by atoms with van der Waals surface area (Å²) in [6, 6.07) is 24.8. The molecule has 4 rings (SSSR count). The summed E-state index contributed by atoms with van der Waals surface area (Å²) in [4.78, 5) is 14.6. The molecule has 0 aliphatic rings. The second-order valence-corrected chi connectivity index (χ2v) is 9.48. The van der Waals surface area contributed by atoms with Crippen molar-refractivity contribution in [1.29, 1.82) is 0 Å². The monoisotopic (exact) mass is 491 g/mol. The van der Waals surface area contributed by atoms with Gasteiger partial charge in [0.1, 0.15) is 0 Å². The second kappa shape index (κ2) is 10.9. The predicted octanol–water partition coefficient (Wildman–Crippen LogP) is 6.09.